The summed E-state index contributed by atoms with van der Waals surface area (Å²) in [5, 5.41) is 0. The molecule has 0 aliphatic carbocycles. The summed E-state index contributed by atoms with van der Waals surface area (Å²) in [6, 6.07) is 5.56. The zero-order valence-corrected chi connectivity index (χ0v) is 11.1. The first-order chi connectivity index (χ1) is 9.76. The summed E-state index contributed by atoms with van der Waals surface area (Å²) in [5.74, 6) is 1.50. The molecule has 2 aliphatic rings. The lowest BCUT2D eigenvalue weighted by Gasteiger charge is -2.32. The molecule has 0 atom stereocenters. The fraction of sp³-hybridized carbons (Fsp3) is 0.429. The highest BCUT2D eigenvalue weighted by atomic mass is 16.7. The molecule has 0 radical (unpaired) electrons. The van der Waals surface area contributed by atoms with Crippen LogP contribution in [0.15, 0.2) is 18.2 Å². The van der Waals surface area contributed by atoms with Gasteiger partial charge in [-0.25, -0.2) is 0 Å². The number of carbonyl (C=O) groups excluding carboxylic acids is 2. The minimum Gasteiger partial charge on any atom is -0.454 e. The molecule has 6 heteroatoms. The summed E-state index contributed by atoms with van der Waals surface area (Å²) in [7, 11) is 0. The molecule has 1 aromatic rings. The molecule has 2 heterocycles. The number of carbonyl (C=O) groups is 2. The first-order valence-corrected chi connectivity index (χ1v) is 6.62. The van der Waals surface area contributed by atoms with Gasteiger partial charge in [-0.1, -0.05) is 6.07 Å². The summed E-state index contributed by atoms with van der Waals surface area (Å²) >= 11 is 0. The second-order valence-corrected chi connectivity index (χ2v) is 4.89. The Labute approximate surface area is 116 Å². The average molecular weight is 276 g/mol. The highest BCUT2D eigenvalue weighted by Crippen LogP contribution is 2.32. The first-order valence-electron chi connectivity index (χ1n) is 6.62. The van der Waals surface area contributed by atoms with E-state index < -0.39 is 0 Å². The predicted octanol–water partition coefficient (Wildman–Crippen LogP) is 0.258. The Hall–Kier alpha value is -2.24. The van der Waals surface area contributed by atoms with Crippen LogP contribution >= 0.6 is 0 Å². The third-order valence-electron chi connectivity index (χ3n) is 3.61. The Morgan fingerprint density at radius 1 is 1.15 bits per heavy atom. The van der Waals surface area contributed by atoms with Crippen molar-refractivity contribution in [2.45, 2.75) is 6.42 Å². The smallest absolute Gasteiger partial charge is 0.231 e. The van der Waals surface area contributed by atoms with Crippen LogP contribution in [0.3, 0.4) is 0 Å². The van der Waals surface area contributed by atoms with Gasteiger partial charge in [0.25, 0.3) is 0 Å². The highest BCUT2D eigenvalue weighted by molar-refractivity contribution is 5.79. The van der Waals surface area contributed by atoms with E-state index in [9.17, 15) is 9.59 Å². The maximum atomic E-state index is 12.2. The number of rotatable bonds is 3. The van der Waals surface area contributed by atoms with Crippen LogP contribution in [0.25, 0.3) is 0 Å². The van der Waals surface area contributed by atoms with Crippen molar-refractivity contribution in [2.24, 2.45) is 0 Å². The minimum atomic E-state index is 0.0782. The van der Waals surface area contributed by atoms with Crippen molar-refractivity contribution in [1.29, 1.82) is 0 Å². The molecule has 2 aliphatic heterocycles. The lowest BCUT2D eigenvalue weighted by molar-refractivity contribution is -0.134. The van der Waals surface area contributed by atoms with Crippen molar-refractivity contribution >= 4 is 12.3 Å². The molecule has 0 N–H and O–H groups in total. The number of nitrogens with zero attached hydrogens (tertiary/aromatic N) is 2. The van der Waals surface area contributed by atoms with Gasteiger partial charge in [0.2, 0.25) is 19.1 Å². The van der Waals surface area contributed by atoms with Crippen LogP contribution in [0.5, 0.6) is 11.5 Å². The van der Waals surface area contributed by atoms with E-state index in [0.29, 0.717) is 38.3 Å². The molecule has 106 valence electrons. The van der Waals surface area contributed by atoms with E-state index >= 15 is 0 Å². The van der Waals surface area contributed by atoms with Crippen LogP contribution < -0.4 is 9.47 Å². The maximum Gasteiger partial charge on any atom is 0.231 e. The largest absolute Gasteiger partial charge is 0.454 e. The van der Waals surface area contributed by atoms with Crippen molar-refractivity contribution in [1.82, 2.24) is 9.80 Å². The van der Waals surface area contributed by atoms with E-state index in [1.165, 1.54) is 0 Å². The first kappa shape index (κ1) is 12.8. The van der Waals surface area contributed by atoms with Crippen LogP contribution in [0.2, 0.25) is 0 Å². The lowest BCUT2D eigenvalue weighted by atomic mass is 10.1. The zero-order chi connectivity index (χ0) is 13.9. The van der Waals surface area contributed by atoms with Gasteiger partial charge in [-0.2, -0.15) is 0 Å². The van der Waals surface area contributed by atoms with Gasteiger partial charge < -0.3 is 19.3 Å². The molecule has 0 unspecified atom stereocenters. The molecule has 1 aromatic carbocycles. The van der Waals surface area contributed by atoms with Gasteiger partial charge >= 0.3 is 0 Å². The van der Waals surface area contributed by atoms with Gasteiger partial charge in [0.05, 0.1) is 6.42 Å². The molecule has 0 aromatic heterocycles. The standard InChI is InChI=1S/C14H16N2O4/c17-9-15-3-5-16(6-4-15)14(18)8-11-1-2-12-13(7-11)20-10-19-12/h1-2,7,9H,3-6,8,10H2. The van der Waals surface area contributed by atoms with Crippen LogP contribution in [-0.2, 0) is 16.0 Å². The van der Waals surface area contributed by atoms with Gasteiger partial charge in [-0.15, -0.1) is 0 Å². The molecular formula is C14H16N2O4. The SMILES string of the molecule is O=CN1CCN(C(=O)Cc2ccc3c(c2)OCO3)CC1. The number of ether oxygens (including phenoxy) is 2. The third-order valence-corrected chi connectivity index (χ3v) is 3.61. The molecule has 0 spiro atoms. The quantitative estimate of drug-likeness (QED) is 0.743. The monoisotopic (exact) mass is 276 g/mol. The van der Waals surface area contributed by atoms with Crippen molar-refractivity contribution in [3.63, 3.8) is 0 Å². The maximum absolute atomic E-state index is 12.2. The fourth-order valence-electron chi connectivity index (χ4n) is 2.41. The second kappa shape index (κ2) is 5.40. The highest BCUT2D eigenvalue weighted by Gasteiger charge is 2.21. The fourth-order valence-corrected chi connectivity index (χ4v) is 2.41. The Kier molecular flexibility index (Phi) is 3.45. The third kappa shape index (κ3) is 2.54. The number of hydrogen-bond donors (Lipinski definition) is 0. The average Bonchev–Trinajstić information content (AvgIpc) is 2.95. The summed E-state index contributed by atoms with van der Waals surface area (Å²) in [4.78, 5) is 26.3. The molecule has 1 fully saturated rings. The molecule has 0 bridgehead atoms. The molecule has 3 rings (SSSR count). The molecule has 20 heavy (non-hydrogen) atoms. The van der Waals surface area contributed by atoms with E-state index in [2.05, 4.69) is 0 Å². The zero-order valence-electron chi connectivity index (χ0n) is 11.1. The van der Waals surface area contributed by atoms with Gasteiger partial charge in [0, 0.05) is 26.2 Å². The van der Waals surface area contributed by atoms with E-state index in [4.69, 9.17) is 9.47 Å². The topological polar surface area (TPSA) is 59.1 Å². The molecule has 0 saturated carbocycles. The van der Waals surface area contributed by atoms with Crippen LogP contribution in [0.4, 0.5) is 0 Å². The van der Waals surface area contributed by atoms with Gasteiger partial charge in [-0.3, -0.25) is 9.59 Å². The van der Waals surface area contributed by atoms with Crippen molar-refractivity contribution in [2.75, 3.05) is 33.0 Å². The number of benzene rings is 1. The predicted molar refractivity (Wildman–Crippen MR) is 70.5 cm³/mol. The summed E-state index contributed by atoms with van der Waals surface area (Å²) in [6.45, 7) is 2.65. The van der Waals surface area contributed by atoms with Crippen LogP contribution in [-0.4, -0.2) is 55.1 Å². The molecule has 2 amide bonds. The van der Waals surface area contributed by atoms with Crippen molar-refractivity contribution in [3.8, 4) is 11.5 Å². The van der Waals surface area contributed by atoms with E-state index in [-0.39, 0.29) is 12.7 Å². The Bertz CT molecular complexity index is 524. The summed E-state index contributed by atoms with van der Waals surface area (Å²) in [5.41, 5.74) is 0.914. The summed E-state index contributed by atoms with van der Waals surface area (Å²) < 4.78 is 10.5. The van der Waals surface area contributed by atoms with Gasteiger partial charge in [-0.05, 0) is 17.7 Å². The Morgan fingerprint density at radius 3 is 2.65 bits per heavy atom. The summed E-state index contributed by atoms with van der Waals surface area (Å²) in [6.07, 6.45) is 1.18. The van der Waals surface area contributed by atoms with Gasteiger partial charge in [0.15, 0.2) is 11.5 Å². The normalized spacial score (nSPS) is 17.2. The van der Waals surface area contributed by atoms with Crippen LogP contribution in [0.1, 0.15) is 5.56 Å². The Morgan fingerprint density at radius 2 is 1.90 bits per heavy atom. The second-order valence-electron chi connectivity index (χ2n) is 4.89. The van der Waals surface area contributed by atoms with Crippen LogP contribution in [0, 0.1) is 0 Å². The van der Waals surface area contributed by atoms with Crippen molar-refractivity contribution in [3.05, 3.63) is 23.8 Å². The lowest BCUT2D eigenvalue weighted by Crippen LogP contribution is -2.48. The number of fused-ring (bicyclic) bond motifs is 1. The van der Waals surface area contributed by atoms with E-state index in [0.717, 1.165) is 17.7 Å². The molecule has 6 nitrogen and oxygen atoms in total. The minimum absolute atomic E-state index is 0.0782. The van der Waals surface area contributed by atoms with Gasteiger partial charge in [0.1, 0.15) is 0 Å². The van der Waals surface area contributed by atoms with Crippen molar-refractivity contribution < 1.29 is 19.1 Å². The number of amides is 2. The van der Waals surface area contributed by atoms with E-state index in [1.54, 1.807) is 9.80 Å². The number of hydrogen-bond acceptors (Lipinski definition) is 4. The molecular weight excluding hydrogens is 260 g/mol. The molecule has 1 saturated heterocycles. The number of piperazine rings is 1. The van der Waals surface area contributed by atoms with E-state index in [1.807, 2.05) is 18.2 Å². The Balaban J connectivity index is 1.60.